The van der Waals surface area contributed by atoms with Crippen molar-refractivity contribution < 1.29 is 13.2 Å². The largest absolute Gasteiger partial charge is 0.368 e. The van der Waals surface area contributed by atoms with Crippen LogP contribution in [0.2, 0.25) is 5.02 Å². The topological polar surface area (TPSA) is 60.9 Å². The van der Waals surface area contributed by atoms with E-state index in [1.807, 2.05) is 29.2 Å². The number of anilines is 2. The number of carbonyl (C=O) groups excluding carboxylic acids is 1. The molecule has 2 aromatic rings. The third kappa shape index (κ3) is 4.14. The van der Waals surface area contributed by atoms with Crippen molar-refractivity contribution in [2.24, 2.45) is 0 Å². The van der Waals surface area contributed by atoms with Gasteiger partial charge in [-0.1, -0.05) is 17.7 Å². The Morgan fingerprint density at radius 3 is 2.40 bits per heavy atom. The molecule has 30 heavy (non-hydrogen) atoms. The standard InChI is InChI=1S/C22H26ClN3O3S/c1-16-5-7-19(23)15-21(16)24-10-12-25(13-11-24)22(27)18-6-8-20-17(14-18)4-3-9-26(20)30(2,28)29/h5-8,14-15H,3-4,9-13H2,1-2H3. The van der Waals surface area contributed by atoms with Crippen LogP contribution in [0.5, 0.6) is 0 Å². The smallest absolute Gasteiger partial charge is 0.253 e. The van der Waals surface area contributed by atoms with Crippen molar-refractivity contribution in [1.82, 2.24) is 4.90 Å². The van der Waals surface area contributed by atoms with Gasteiger partial charge in [0.25, 0.3) is 5.91 Å². The van der Waals surface area contributed by atoms with Gasteiger partial charge in [0, 0.05) is 49.0 Å². The molecule has 0 atom stereocenters. The number of piperazine rings is 1. The molecule has 2 aromatic carbocycles. The molecule has 0 radical (unpaired) electrons. The first-order valence-electron chi connectivity index (χ1n) is 10.1. The van der Waals surface area contributed by atoms with E-state index in [-0.39, 0.29) is 5.91 Å². The number of benzene rings is 2. The van der Waals surface area contributed by atoms with Crippen molar-refractivity contribution in [3.8, 4) is 0 Å². The maximum atomic E-state index is 13.1. The third-order valence-corrected chi connectivity index (χ3v) is 7.30. The van der Waals surface area contributed by atoms with Crippen LogP contribution in [0.3, 0.4) is 0 Å². The summed E-state index contributed by atoms with van der Waals surface area (Å²) >= 11 is 6.16. The molecule has 0 bridgehead atoms. The van der Waals surface area contributed by atoms with E-state index in [1.54, 1.807) is 12.1 Å². The summed E-state index contributed by atoms with van der Waals surface area (Å²) in [6, 6.07) is 11.3. The van der Waals surface area contributed by atoms with Gasteiger partial charge >= 0.3 is 0 Å². The van der Waals surface area contributed by atoms with E-state index >= 15 is 0 Å². The molecule has 0 saturated carbocycles. The summed E-state index contributed by atoms with van der Waals surface area (Å²) in [5.74, 6) is -0.00301. The van der Waals surface area contributed by atoms with Crippen LogP contribution in [-0.4, -0.2) is 58.2 Å². The first-order valence-corrected chi connectivity index (χ1v) is 12.4. The number of fused-ring (bicyclic) bond motifs is 1. The molecule has 1 saturated heterocycles. The minimum absolute atomic E-state index is 0.00301. The van der Waals surface area contributed by atoms with Gasteiger partial charge in [-0.05, 0) is 61.2 Å². The monoisotopic (exact) mass is 447 g/mol. The molecule has 6 nitrogen and oxygen atoms in total. The van der Waals surface area contributed by atoms with Gasteiger partial charge in [-0.15, -0.1) is 0 Å². The number of hydrogen-bond acceptors (Lipinski definition) is 4. The van der Waals surface area contributed by atoms with E-state index in [9.17, 15) is 13.2 Å². The Balaban J connectivity index is 1.48. The molecule has 4 rings (SSSR count). The molecular formula is C22H26ClN3O3S. The Kier molecular flexibility index (Phi) is 5.68. The first-order chi connectivity index (χ1) is 14.2. The highest BCUT2D eigenvalue weighted by Crippen LogP contribution is 2.31. The molecule has 1 fully saturated rings. The van der Waals surface area contributed by atoms with E-state index in [0.717, 1.165) is 37.2 Å². The summed E-state index contributed by atoms with van der Waals surface area (Å²) < 4.78 is 25.5. The molecule has 0 spiro atoms. The predicted molar refractivity (Wildman–Crippen MR) is 121 cm³/mol. The van der Waals surface area contributed by atoms with Crippen molar-refractivity contribution in [3.63, 3.8) is 0 Å². The van der Waals surface area contributed by atoms with Crippen LogP contribution in [0.4, 0.5) is 11.4 Å². The molecule has 2 heterocycles. The van der Waals surface area contributed by atoms with Gasteiger partial charge in [0.15, 0.2) is 0 Å². The number of sulfonamides is 1. The summed E-state index contributed by atoms with van der Waals surface area (Å²) in [6.07, 6.45) is 2.77. The van der Waals surface area contributed by atoms with Crippen LogP contribution in [0.1, 0.15) is 27.9 Å². The summed E-state index contributed by atoms with van der Waals surface area (Å²) in [7, 11) is -3.31. The normalized spacial score (nSPS) is 17.1. The van der Waals surface area contributed by atoms with Gasteiger partial charge in [-0.2, -0.15) is 0 Å². The minimum Gasteiger partial charge on any atom is -0.368 e. The second-order valence-electron chi connectivity index (χ2n) is 7.99. The van der Waals surface area contributed by atoms with Gasteiger partial charge in [0.05, 0.1) is 11.9 Å². The molecule has 0 aromatic heterocycles. The molecular weight excluding hydrogens is 422 g/mol. The van der Waals surface area contributed by atoms with Crippen molar-refractivity contribution in [1.29, 1.82) is 0 Å². The molecule has 2 aliphatic heterocycles. The van der Waals surface area contributed by atoms with Crippen LogP contribution < -0.4 is 9.21 Å². The SMILES string of the molecule is Cc1ccc(Cl)cc1N1CCN(C(=O)c2ccc3c(c2)CCCN3S(C)(=O)=O)CC1. The Bertz CT molecular complexity index is 1080. The lowest BCUT2D eigenvalue weighted by Gasteiger charge is -2.37. The highest BCUT2D eigenvalue weighted by atomic mass is 35.5. The molecule has 2 aliphatic rings. The van der Waals surface area contributed by atoms with Crippen LogP contribution >= 0.6 is 11.6 Å². The van der Waals surface area contributed by atoms with E-state index in [1.165, 1.54) is 16.1 Å². The van der Waals surface area contributed by atoms with Crippen molar-refractivity contribution >= 4 is 38.9 Å². The lowest BCUT2D eigenvalue weighted by Crippen LogP contribution is -2.49. The highest BCUT2D eigenvalue weighted by molar-refractivity contribution is 7.92. The number of hydrogen-bond donors (Lipinski definition) is 0. The minimum atomic E-state index is -3.31. The van der Waals surface area contributed by atoms with Crippen molar-refractivity contribution in [2.45, 2.75) is 19.8 Å². The maximum absolute atomic E-state index is 13.1. The Labute approximate surface area is 183 Å². The molecule has 1 amide bonds. The third-order valence-electron chi connectivity index (χ3n) is 5.88. The van der Waals surface area contributed by atoms with Gasteiger partial charge in [-0.3, -0.25) is 9.10 Å². The average Bonchev–Trinajstić information content (AvgIpc) is 2.73. The van der Waals surface area contributed by atoms with Crippen molar-refractivity contribution in [3.05, 3.63) is 58.1 Å². The number of carbonyl (C=O) groups is 1. The van der Waals surface area contributed by atoms with Gasteiger partial charge in [0.2, 0.25) is 10.0 Å². The fourth-order valence-electron chi connectivity index (χ4n) is 4.30. The van der Waals surface area contributed by atoms with Crippen molar-refractivity contribution in [2.75, 3.05) is 48.2 Å². The first kappa shape index (κ1) is 21.0. The van der Waals surface area contributed by atoms with Crippen LogP contribution in [0.25, 0.3) is 0 Å². The van der Waals surface area contributed by atoms with Gasteiger partial charge < -0.3 is 9.80 Å². The van der Waals surface area contributed by atoms with Crippen LogP contribution in [0.15, 0.2) is 36.4 Å². The second kappa shape index (κ2) is 8.12. The zero-order valence-corrected chi connectivity index (χ0v) is 18.8. The predicted octanol–water partition coefficient (Wildman–Crippen LogP) is 3.32. The van der Waals surface area contributed by atoms with E-state index in [2.05, 4.69) is 11.8 Å². The lowest BCUT2D eigenvalue weighted by molar-refractivity contribution is 0.0746. The maximum Gasteiger partial charge on any atom is 0.253 e. The molecule has 0 N–H and O–H groups in total. The molecule has 0 unspecified atom stereocenters. The summed E-state index contributed by atoms with van der Waals surface area (Å²) in [5, 5.41) is 0.714. The lowest BCUT2D eigenvalue weighted by atomic mass is 10.00. The molecule has 0 aliphatic carbocycles. The van der Waals surface area contributed by atoms with Crippen LogP contribution in [0, 0.1) is 6.92 Å². The van der Waals surface area contributed by atoms with E-state index in [4.69, 9.17) is 11.6 Å². The Morgan fingerprint density at radius 2 is 1.70 bits per heavy atom. The van der Waals surface area contributed by atoms with Crippen LogP contribution in [-0.2, 0) is 16.4 Å². The number of rotatable bonds is 3. The fourth-order valence-corrected chi connectivity index (χ4v) is 5.46. The number of nitrogens with zero attached hydrogens (tertiary/aromatic N) is 3. The highest BCUT2D eigenvalue weighted by Gasteiger charge is 2.27. The number of amides is 1. The van der Waals surface area contributed by atoms with E-state index < -0.39 is 10.0 Å². The summed E-state index contributed by atoms with van der Waals surface area (Å²) in [5.41, 5.74) is 4.53. The Hall–Kier alpha value is -2.25. The second-order valence-corrected chi connectivity index (χ2v) is 10.3. The zero-order valence-electron chi connectivity index (χ0n) is 17.3. The number of halogens is 1. The Morgan fingerprint density at radius 1 is 0.967 bits per heavy atom. The quantitative estimate of drug-likeness (QED) is 0.724. The zero-order chi connectivity index (χ0) is 21.5. The average molecular weight is 448 g/mol. The van der Waals surface area contributed by atoms with Gasteiger partial charge in [-0.25, -0.2) is 8.42 Å². The summed E-state index contributed by atoms with van der Waals surface area (Å²) in [6.45, 7) is 5.33. The summed E-state index contributed by atoms with van der Waals surface area (Å²) in [4.78, 5) is 17.2. The van der Waals surface area contributed by atoms with E-state index in [0.29, 0.717) is 35.9 Å². The molecule has 8 heteroatoms. The molecule has 160 valence electrons. The number of aryl methyl sites for hydroxylation is 2. The fraction of sp³-hybridized carbons (Fsp3) is 0.409. The van der Waals surface area contributed by atoms with Gasteiger partial charge in [0.1, 0.15) is 0 Å².